The van der Waals surface area contributed by atoms with Crippen molar-refractivity contribution in [2.75, 3.05) is 25.4 Å². The molecule has 27 nitrogen and oxygen atoms in total. The zero-order valence-corrected chi connectivity index (χ0v) is 42.0. The number of hydrogen-bond acceptors (Lipinski definition) is 15. The molecule has 0 aliphatic carbocycles. The molecule has 0 bridgehead atoms. The molecule has 11 amide bonds. The van der Waals surface area contributed by atoms with Gasteiger partial charge in [0, 0.05) is 31.6 Å². The Morgan fingerprint density at radius 1 is 0.627 bits per heavy atom. The van der Waals surface area contributed by atoms with Crippen LogP contribution in [0, 0.1) is 5.92 Å². The number of phenolic OH excluding ortho intramolecular Hbond substituents is 1. The Morgan fingerprint density at radius 3 is 1.67 bits per heavy atom. The van der Waals surface area contributed by atoms with E-state index in [1.54, 1.807) is 37.3 Å². The minimum atomic E-state index is -1.98. The van der Waals surface area contributed by atoms with Gasteiger partial charge in [0.25, 0.3) is 0 Å². The van der Waals surface area contributed by atoms with E-state index in [2.05, 4.69) is 65.8 Å². The average Bonchev–Trinajstić information content (AvgIpc) is 3.36. The maximum Gasteiger partial charge on any atom is 0.312 e. The Balaban J connectivity index is 2.17. The van der Waals surface area contributed by atoms with Crippen LogP contribution >= 0.6 is 12.6 Å². The molecule has 75 heavy (non-hydrogen) atoms. The number of aliphatic carboxylic acids is 2. The van der Waals surface area contributed by atoms with E-state index in [-0.39, 0.29) is 44.4 Å². The third kappa shape index (κ3) is 21.2. The molecule has 1 fully saturated rings. The summed E-state index contributed by atoms with van der Waals surface area (Å²) in [6.45, 7) is 1.18. The van der Waals surface area contributed by atoms with Gasteiger partial charge in [-0.25, -0.2) is 4.79 Å². The third-order valence-corrected chi connectivity index (χ3v) is 12.0. The summed E-state index contributed by atoms with van der Waals surface area (Å²) in [5.74, 6) is -14.0. The van der Waals surface area contributed by atoms with Gasteiger partial charge >= 0.3 is 18.0 Å². The molecule has 0 spiro atoms. The molecule has 2 aromatic carbocycles. The highest BCUT2D eigenvalue weighted by molar-refractivity contribution is 7.80. The van der Waals surface area contributed by atoms with Crippen molar-refractivity contribution in [3.63, 3.8) is 0 Å². The van der Waals surface area contributed by atoms with Crippen molar-refractivity contribution in [3.8, 4) is 5.75 Å². The molecule has 0 saturated carbocycles. The molecule has 0 aromatic heterocycles. The molecule has 1 saturated heterocycles. The first-order valence-corrected chi connectivity index (χ1v) is 24.4. The number of carbonyl (C=O) groups excluding carboxylic acids is 10. The molecule has 3 rings (SSSR count). The van der Waals surface area contributed by atoms with Gasteiger partial charge in [-0.15, -0.1) is 0 Å². The summed E-state index contributed by atoms with van der Waals surface area (Å²) >= 11 is 4.21. The zero-order chi connectivity index (χ0) is 55.8. The predicted molar refractivity (Wildman–Crippen MR) is 267 cm³/mol. The van der Waals surface area contributed by atoms with Gasteiger partial charge in [0.1, 0.15) is 54.1 Å². The van der Waals surface area contributed by atoms with Crippen LogP contribution in [0.2, 0.25) is 0 Å². The second kappa shape index (κ2) is 30.9. The van der Waals surface area contributed by atoms with E-state index in [4.69, 9.17) is 5.73 Å². The van der Waals surface area contributed by atoms with Gasteiger partial charge in [0.2, 0.25) is 53.2 Å². The fourth-order valence-electron chi connectivity index (χ4n) is 7.35. The van der Waals surface area contributed by atoms with Crippen molar-refractivity contribution in [2.45, 2.75) is 114 Å². The summed E-state index contributed by atoms with van der Waals surface area (Å²) in [4.78, 5) is 160. The lowest BCUT2D eigenvalue weighted by molar-refractivity contribution is -0.142. The van der Waals surface area contributed by atoms with Crippen LogP contribution in [0.15, 0.2) is 54.6 Å². The van der Waals surface area contributed by atoms with E-state index in [1.165, 1.54) is 31.2 Å². The van der Waals surface area contributed by atoms with Crippen molar-refractivity contribution in [3.05, 3.63) is 65.7 Å². The minimum Gasteiger partial charge on any atom is -0.508 e. The summed E-state index contributed by atoms with van der Waals surface area (Å²) in [6.07, 6.45) is -3.12. The molecule has 410 valence electrons. The van der Waals surface area contributed by atoms with Gasteiger partial charge in [-0.3, -0.25) is 52.7 Å². The molecule has 1 heterocycles. The van der Waals surface area contributed by atoms with Crippen LogP contribution in [0.4, 0.5) is 4.79 Å². The maximum absolute atomic E-state index is 14.2. The number of aliphatic hydroxyl groups excluding tert-OH is 1. The first kappa shape index (κ1) is 61.3. The fraction of sp³-hybridized carbons (Fsp3) is 0.489. The number of phenols is 1. The number of aromatic hydroxyl groups is 1. The van der Waals surface area contributed by atoms with Crippen LogP contribution in [-0.2, 0) is 65.6 Å². The van der Waals surface area contributed by atoms with Crippen molar-refractivity contribution >= 4 is 83.8 Å². The van der Waals surface area contributed by atoms with Crippen LogP contribution < -0.4 is 58.9 Å². The molecule has 28 heteroatoms. The highest BCUT2D eigenvalue weighted by Crippen LogP contribution is 2.14. The largest absolute Gasteiger partial charge is 0.508 e. The average molecular weight is 1070 g/mol. The van der Waals surface area contributed by atoms with E-state index < -0.39 is 164 Å². The number of hydrogen-bond donors (Lipinski definition) is 16. The number of primary amides is 1. The molecule has 2 aromatic rings. The number of carboxylic acid groups (broad SMARTS) is 2. The second-order valence-electron chi connectivity index (χ2n) is 17.5. The van der Waals surface area contributed by atoms with Gasteiger partial charge in [-0.2, -0.15) is 12.6 Å². The predicted octanol–water partition coefficient (Wildman–Crippen LogP) is -4.06. The van der Waals surface area contributed by atoms with Crippen LogP contribution in [-0.4, -0.2) is 165 Å². The summed E-state index contributed by atoms with van der Waals surface area (Å²) in [6, 6.07) is -0.558. The first-order valence-electron chi connectivity index (χ1n) is 23.8. The number of nitrogens with one attached hydrogen (secondary N) is 10. The van der Waals surface area contributed by atoms with Crippen molar-refractivity contribution in [1.29, 1.82) is 0 Å². The molecule has 9 atom stereocenters. The topological polar surface area (TPSA) is 432 Å². The number of thiol groups is 1. The monoisotopic (exact) mass is 1070 g/mol. The number of amides is 11. The lowest BCUT2D eigenvalue weighted by atomic mass is 9.97. The van der Waals surface area contributed by atoms with Crippen LogP contribution in [0.1, 0.15) is 63.5 Å². The number of carboxylic acids is 2. The summed E-state index contributed by atoms with van der Waals surface area (Å²) < 4.78 is 0. The normalized spacial score (nSPS) is 23.7. The number of benzene rings is 2. The number of carbonyl (C=O) groups is 12. The van der Waals surface area contributed by atoms with Crippen LogP contribution in [0.3, 0.4) is 0 Å². The molecule has 16 N–H and O–H groups in total. The Hall–Kier alpha value is -8.01. The van der Waals surface area contributed by atoms with Crippen molar-refractivity contribution in [1.82, 2.24) is 53.2 Å². The van der Waals surface area contributed by atoms with Crippen molar-refractivity contribution < 1.29 is 78.0 Å². The zero-order valence-electron chi connectivity index (χ0n) is 41.1. The molecule has 1 aliphatic rings. The number of rotatable bonds is 17. The Morgan fingerprint density at radius 2 is 1.12 bits per heavy atom. The maximum atomic E-state index is 14.2. The Kier molecular flexibility index (Phi) is 25.2. The third-order valence-electron chi connectivity index (χ3n) is 11.7. The van der Waals surface area contributed by atoms with E-state index in [0.29, 0.717) is 11.1 Å². The lowest BCUT2D eigenvalue weighted by Crippen LogP contribution is -2.61. The number of nitrogens with two attached hydrogens (primary N) is 1. The summed E-state index contributed by atoms with van der Waals surface area (Å²) in [7, 11) is 0. The van der Waals surface area contributed by atoms with Gasteiger partial charge in [-0.05, 0) is 48.4 Å². The Bertz CT molecular complexity index is 2360. The minimum absolute atomic E-state index is 0.0418. The summed E-state index contributed by atoms with van der Waals surface area (Å²) in [5.41, 5.74) is 6.07. The van der Waals surface area contributed by atoms with Crippen LogP contribution in [0.25, 0.3) is 0 Å². The standard InChI is InChI=1S/C47H65N11O16S/c1-3-24(2)38-46(73)56-32(20-37(64)65)43(70)53-29(15-16-36(62)63)41(68)52-28(10-7-17-49-47(48)74)40(67)54-30(18-25-8-5-4-6-9-25)39(66)50-21-35(61)51-33(22-59)44(71)55-31(19-26-11-13-27(60)14-12-26)42(69)57-34(23-75)45(72)58-38/h4-6,8-9,11-14,24,28-34,38,59-60,75H,3,7,10,15-23H2,1-2H3,(H,50,66)(H,51,61)(H,52,68)(H,53,70)(H,54,67)(H,55,71)(H,56,73)(H,57,69)(H,58,72)(H,62,63)(H,64,65)(H3,48,49,74)/t24-,28-,29-,30-,31-,32-,33-,34-,38-/m0/s1. The van der Waals surface area contributed by atoms with Gasteiger partial charge < -0.3 is 79.3 Å². The van der Waals surface area contributed by atoms with E-state index >= 15 is 0 Å². The van der Waals surface area contributed by atoms with Crippen molar-refractivity contribution in [2.24, 2.45) is 11.7 Å². The molecule has 0 unspecified atom stereocenters. The Labute approximate surface area is 435 Å². The van der Waals surface area contributed by atoms with Gasteiger partial charge in [0.05, 0.1) is 19.6 Å². The summed E-state index contributed by atoms with van der Waals surface area (Å²) in [5, 5.41) is 63.2. The number of aliphatic hydroxyl groups is 1. The lowest BCUT2D eigenvalue weighted by Gasteiger charge is -2.29. The second-order valence-corrected chi connectivity index (χ2v) is 17.8. The quantitative estimate of drug-likeness (QED) is 0.0530. The van der Waals surface area contributed by atoms with E-state index in [0.717, 1.165) is 0 Å². The number of urea groups is 1. The molecule has 0 radical (unpaired) electrons. The van der Waals surface area contributed by atoms with Gasteiger partial charge in [-0.1, -0.05) is 62.7 Å². The van der Waals surface area contributed by atoms with Crippen LogP contribution in [0.5, 0.6) is 5.75 Å². The molecular formula is C47H65N11O16S. The van der Waals surface area contributed by atoms with E-state index in [9.17, 15) is 78.0 Å². The highest BCUT2D eigenvalue weighted by Gasteiger charge is 2.37. The van der Waals surface area contributed by atoms with Gasteiger partial charge in [0.15, 0.2) is 0 Å². The van der Waals surface area contributed by atoms with E-state index in [1.807, 2.05) is 0 Å². The smallest absolute Gasteiger partial charge is 0.312 e. The molecular weight excluding hydrogens is 1010 g/mol. The SMILES string of the molecule is CC[C@H](C)[C@@H]1NC(=O)[C@H](CS)NC(=O)[C@H](Cc2ccc(O)cc2)NC(=O)[C@H](CO)NC(=O)CNC(=O)[C@H](Cc2ccccc2)NC(=O)[C@H](CCCNC(N)=O)NC(=O)[C@H](CCC(=O)O)NC(=O)[C@H](CC(=O)O)NC1=O. The molecule has 1 aliphatic heterocycles. The highest BCUT2D eigenvalue weighted by atomic mass is 32.1. The fourth-order valence-corrected chi connectivity index (χ4v) is 7.60. The first-order chi connectivity index (χ1) is 35.5.